The first-order valence-electron chi connectivity index (χ1n) is 12.3. The average Bonchev–Trinajstić information content (AvgIpc) is 3.34. The summed E-state index contributed by atoms with van der Waals surface area (Å²) in [6.07, 6.45) is 6.11. The van der Waals surface area contributed by atoms with Gasteiger partial charge >= 0.3 is 0 Å². The van der Waals surface area contributed by atoms with E-state index in [1.165, 1.54) is 18.5 Å². The second-order valence-electron chi connectivity index (χ2n) is 9.66. The van der Waals surface area contributed by atoms with Gasteiger partial charge in [-0.2, -0.15) is 0 Å². The fourth-order valence-corrected chi connectivity index (χ4v) is 5.31. The fraction of sp³-hybridized carbons (Fsp3) is 0.462. The number of pyridine rings is 1. The van der Waals surface area contributed by atoms with Crippen LogP contribution in [0.4, 0.5) is 5.69 Å². The van der Waals surface area contributed by atoms with Crippen molar-refractivity contribution in [1.29, 1.82) is 0 Å². The lowest BCUT2D eigenvalue weighted by molar-refractivity contribution is 0.0834. The molecule has 0 aliphatic carbocycles. The molecule has 0 atom stereocenters. The third-order valence-corrected chi connectivity index (χ3v) is 7.41. The number of fused-ring (bicyclic) bond motifs is 3. The molecule has 0 amide bonds. The molecule has 8 heteroatoms. The highest BCUT2D eigenvalue weighted by Gasteiger charge is 2.23. The van der Waals surface area contributed by atoms with Crippen molar-refractivity contribution in [1.82, 2.24) is 29.5 Å². The van der Waals surface area contributed by atoms with E-state index in [4.69, 9.17) is 9.72 Å². The molecule has 6 rings (SSSR count). The van der Waals surface area contributed by atoms with Gasteiger partial charge in [0.2, 0.25) is 0 Å². The van der Waals surface area contributed by atoms with Crippen LogP contribution >= 0.6 is 0 Å². The Labute approximate surface area is 199 Å². The lowest BCUT2D eigenvalue weighted by atomic mass is 9.99. The summed E-state index contributed by atoms with van der Waals surface area (Å²) in [5.74, 6) is 1.29. The van der Waals surface area contributed by atoms with Crippen LogP contribution in [0.15, 0.2) is 42.6 Å². The van der Waals surface area contributed by atoms with Crippen LogP contribution in [0.25, 0.3) is 28.1 Å². The topological polar surface area (TPSA) is 71.7 Å². The van der Waals surface area contributed by atoms with Gasteiger partial charge in [0, 0.05) is 49.5 Å². The molecule has 2 aliphatic heterocycles. The smallest absolute Gasteiger partial charge is 0.181 e. The maximum Gasteiger partial charge on any atom is 0.181 e. The fourth-order valence-electron chi connectivity index (χ4n) is 5.31. The number of piperidine rings is 1. The molecule has 0 radical (unpaired) electrons. The Balaban J connectivity index is 1.31. The first kappa shape index (κ1) is 21.4. The number of rotatable bonds is 4. The quantitative estimate of drug-likeness (QED) is 0.462. The Hall–Kier alpha value is -3.10. The van der Waals surface area contributed by atoms with Crippen molar-refractivity contribution in [3.63, 3.8) is 0 Å². The van der Waals surface area contributed by atoms with Crippen LogP contribution in [0, 0.1) is 0 Å². The first-order valence-corrected chi connectivity index (χ1v) is 12.3. The molecule has 34 heavy (non-hydrogen) atoms. The minimum absolute atomic E-state index is 0.329. The summed E-state index contributed by atoms with van der Waals surface area (Å²) < 4.78 is 7.64. The maximum absolute atomic E-state index is 5.55. The van der Waals surface area contributed by atoms with E-state index in [0.29, 0.717) is 12.0 Å². The molecular weight excluding hydrogens is 426 g/mol. The Morgan fingerprint density at radius 2 is 1.68 bits per heavy atom. The Bertz CT molecular complexity index is 1290. The Morgan fingerprint density at radius 3 is 2.41 bits per heavy atom. The van der Waals surface area contributed by atoms with Crippen molar-refractivity contribution in [3.05, 3.63) is 48.4 Å². The molecule has 5 heterocycles. The van der Waals surface area contributed by atoms with E-state index in [9.17, 15) is 0 Å². The number of benzene rings is 1. The molecule has 0 spiro atoms. The standard InChI is InChI=1S/C26H31N7O/c1-31(2)20-9-13-32(14-10-20)21-5-3-18(4-6-21)22-7-8-23-26(28-22)33-24(17-27-23)29-30-25(33)19-11-15-34-16-12-19/h3-8,17,19-20H,9-16H2,1-2H3. The van der Waals surface area contributed by atoms with Crippen molar-refractivity contribution >= 4 is 22.5 Å². The number of hydrogen-bond acceptors (Lipinski definition) is 7. The lowest BCUT2D eigenvalue weighted by Crippen LogP contribution is -2.41. The highest BCUT2D eigenvalue weighted by molar-refractivity contribution is 5.77. The molecule has 2 aliphatic rings. The number of nitrogens with zero attached hydrogens (tertiary/aromatic N) is 7. The van der Waals surface area contributed by atoms with E-state index in [1.807, 2.05) is 6.07 Å². The molecule has 0 bridgehead atoms. The van der Waals surface area contributed by atoms with Crippen molar-refractivity contribution < 1.29 is 4.74 Å². The molecule has 0 saturated carbocycles. The van der Waals surface area contributed by atoms with Gasteiger partial charge in [-0.05, 0) is 64.0 Å². The molecule has 4 aromatic rings. The summed E-state index contributed by atoms with van der Waals surface area (Å²) in [7, 11) is 4.36. The molecule has 3 aromatic heterocycles. The van der Waals surface area contributed by atoms with Crippen LogP contribution in [-0.2, 0) is 4.74 Å². The molecular formula is C26H31N7O. The summed E-state index contributed by atoms with van der Waals surface area (Å²) >= 11 is 0. The van der Waals surface area contributed by atoms with Crippen molar-refractivity contribution in [2.45, 2.75) is 37.6 Å². The van der Waals surface area contributed by atoms with Gasteiger partial charge in [-0.3, -0.25) is 4.40 Å². The second kappa shape index (κ2) is 8.92. The van der Waals surface area contributed by atoms with Gasteiger partial charge in [0.1, 0.15) is 11.3 Å². The summed E-state index contributed by atoms with van der Waals surface area (Å²) in [4.78, 5) is 14.5. The Morgan fingerprint density at radius 1 is 0.912 bits per heavy atom. The van der Waals surface area contributed by atoms with Crippen molar-refractivity contribution in [3.8, 4) is 11.3 Å². The van der Waals surface area contributed by atoms with Crippen LogP contribution in [0.5, 0.6) is 0 Å². The summed E-state index contributed by atoms with van der Waals surface area (Å²) in [5.41, 5.74) is 5.74. The summed E-state index contributed by atoms with van der Waals surface area (Å²) in [6, 6.07) is 13.6. The summed E-state index contributed by atoms with van der Waals surface area (Å²) in [6.45, 7) is 3.73. The van der Waals surface area contributed by atoms with Gasteiger partial charge in [-0.25, -0.2) is 9.97 Å². The van der Waals surface area contributed by atoms with Crippen LogP contribution in [0.2, 0.25) is 0 Å². The monoisotopic (exact) mass is 457 g/mol. The third-order valence-electron chi connectivity index (χ3n) is 7.41. The normalized spacial score (nSPS) is 18.4. The van der Waals surface area contributed by atoms with Gasteiger partial charge in [0.15, 0.2) is 11.3 Å². The van der Waals surface area contributed by atoms with E-state index in [0.717, 1.165) is 73.0 Å². The van der Waals surface area contributed by atoms with Gasteiger partial charge in [0.25, 0.3) is 0 Å². The van der Waals surface area contributed by atoms with Gasteiger partial charge in [-0.1, -0.05) is 12.1 Å². The SMILES string of the molecule is CN(C)C1CCN(c2ccc(-c3ccc4ncc5nnc(C6CCOCC6)n5c4n3)cc2)CC1. The van der Waals surface area contributed by atoms with Crippen LogP contribution in [0.1, 0.15) is 37.4 Å². The van der Waals surface area contributed by atoms with Crippen LogP contribution < -0.4 is 4.90 Å². The van der Waals surface area contributed by atoms with E-state index in [-0.39, 0.29) is 0 Å². The minimum atomic E-state index is 0.329. The predicted octanol–water partition coefficient (Wildman–Crippen LogP) is 3.76. The largest absolute Gasteiger partial charge is 0.381 e. The van der Waals surface area contributed by atoms with Gasteiger partial charge in [0.05, 0.1) is 11.9 Å². The maximum atomic E-state index is 5.55. The highest BCUT2D eigenvalue weighted by atomic mass is 16.5. The van der Waals surface area contributed by atoms with E-state index < -0.39 is 0 Å². The van der Waals surface area contributed by atoms with E-state index in [1.54, 1.807) is 6.20 Å². The highest BCUT2D eigenvalue weighted by Crippen LogP contribution is 2.29. The third kappa shape index (κ3) is 3.91. The minimum Gasteiger partial charge on any atom is -0.381 e. The predicted molar refractivity (Wildman–Crippen MR) is 133 cm³/mol. The average molecular weight is 458 g/mol. The van der Waals surface area contributed by atoms with Crippen LogP contribution in [0.3, 0.4) is 0 Å². The molecule has 2 fully saturated rings. The van der Waals surface area contributed by atoms with Gasteiger partial charge in [-0.15, -0.1) is 10.2 Å². The number of hydrogen-bond donors (Lipinski definition) is 0. The molecule has 1 aromatic carbocycles. The van der Waals surface area contributed by atoms with Crippen LogP contribution in [-0.4, -0.2) is 75.9 Å². The molecule has 0 unspecified atom stereocenters. The van der Waals surface area contributed by atoms with E-state index in [2.05, 4.69) is 73.8 Å². The lowest BCUT2D eigenvalue weighted by Gasteiger charge is -2.36. The van der Waals surface area contributed by atoms with Crippen molar-refractivity contribution in [2.75, 3.05) is 45.3 Å². The number of anilines is 1. The number of ether oxygens (including phenoxy) is 1. The second-order valence-corrected chi connectivity index (χ2v) is 9.66. The van der Waals surface area contributed by atoms with E-state index >= 15 is 0 Å². The zero-order valence-corrected chi connectivity index (χ0v) is 19.9. The molecule has 176 valence electrons. The zero-order chi connectivity index (χ0) is 23.1. The molecule has 0 N–H and O–H groups in total. The van der Waals surface area contributed by atoms with Crippen molar-refractivity contribution in [2.24, 2.45) is 0 Å². The number of aromatic nitrogens is 5. The molecule has 8 nitrogen and oxygen atoms in total. The zero-order valence-electron chi connectivity index (χ0n) is 19.9. The Kier molecular flexibility index (Phi) is 5.63. The first-order chi connectivity index (χ1) is 16.7. The summed E-state index contributed by atoms with van der Waals surface area (Å²) in [5, 5.41) is 8.91. The molecule has 2 saturated heterocycles. The van der Waals surface area contributed by atoms with Gasteiger partial charge < -0.3 is 14.5 Å².